The van der Waals surface area contributed by atoms with Crippen LogP contribution in [0.3, 0.4) is 0 Å². The molecule has 1 aliphatic rings. The lowest BCUT2D eigenvalue weighted by Gasteiger charge is -2.27. The first kappa shape index (κ1) is 15.0. The standard InChI is InChI=1S/C14H18FNO3S/c1-2-16(13-6-7-20(18,19)10-13)14(17)9-11-4-3-5-12(15)8-11/h3-5,8,13H,2,6-7,9-10H2,1H3. The molecule has 1 atom stereocenters. The number of benzene rings is 1. The van der Waals surface area contributed by atoms with Crippen molar-refractivity contribution in [2.75, 3.05) is 18.1 Å². The number of sulfone groups is 1. The smallest absolute Gasteiger partial charge is 0.227 e. The van der Waals surface area contributed by atoms with Gasteiger partial charge in [0.05, 0.1) is 17.9 Å². The lowest BCUT2D eigenvalue weighted by atomic mass is 10.1. The summed E-state index contributed by atoms with van der Waals surface area (Å²) in [4.78, 5) is 13.9. The Morgan fingerprint density at radius 1 is 1.45 bits per heavy atom. The SMILES string of the molecule is CCN(C(=O)Cc1cccc(F)c1)C1CCS(=O)(=O)C1. The number of hydrogen-bond donors (Lipinski definition) is 0. The van der Waals surface area contributed by atoms with Gasteiger partial charge in [-0.3, -0.25) is 4.79 Å². The Labute approximate surface area is 118 Å². The molecule has 0 aromatic heterocycles. The van der Waals surface area contributed by atoms with Crippen molar-refractivity contribution < 1.29 is 17.6 Å². The summed E-state index contributed by atoms with van der Waals surface area (Å²) in [6, 6.07) is 5.67. The van der Waals surface area contributed by atoms with E-state index in [4.69, 9.17) is 0 Å². The molecule has 110 valence electrons. The average molecular weight is 299 g/mol. The third-order valence-electron chi connectivity index (χ3n) is 3.55. The summed E-state index contributed by atoms with van der Waals surface area (Å²) in [6.45, 7) is 2.29. The molecule has 0 aliphatic carbocycles. The number of nitrogens with zero attached hydrogens (tertiary/aromatic N) is 1. The molecular formula is C14H18FNO3S. The number of carbonyl (C=O) groups excluding carboxylic acids is 1. The van der Waals surface area contributed by atoms with Crippen LogP contribution in [0.2, 0.25) is 0 Å². The molecule has 0 spiro atoms. The van der Waals surface area contributed by atoms with Crippen molar-refractivity contribution in [3.05, 3.63) is 35.6 Å². The monoisotopic (exact) mass is 299 g/mol. The van der Waals surface area contributed by atoms with E-state index in [9.17, 15) is 17.6 Å². The highest BCUT2D eigenvalue weighted by Crippen LogP contribution is 2.19. The second-order valence-corrected chi connectivity index (χ2v) is 7.27. The summed E-state index contributed by atoms with van der Waals surface area (Å²) in [5.74, 6) is -0.348. The van der Waals surface area contributed by atoms with Crippen LogP contribution in [0.5, 0.6) is 0 Å². The fraction of sp³-hybridized carbons (Fsp3) is 0.500. The first-order valence-corrected chi connectivity index (χ1v) is 8.48. The predicted octanol–water partition coefficient (Wildman–Crippen LogP) is 1.40. The minimum Gasteiger partial charge on any atom is -0.339 e. The average Bonchev–Trinajstić information content (AvgIpc) is 2.70. The van der Waals surface area contributed by atoms with Gasteiger partial charge < -0.3 is 4.90 Å². The zero-order chi connectivity index (χ0) is 14.8. The zero-order valence-electron chi connectivity index (χ0n) is 11.4. The van der Waals surface area contributed by atoms with Gasteiger partial charge in [0.15, 0.2) is 9.84 Å². The summed E-state index contributed by atoms with van der Waals surface area (Å²) in [5.41, 5.74) is 0.606. The molecule has 1 saturated heterocycles. The van der Waals surface area contributed by atoms with Gasteiger partial charge in [-0.15, -0.1) is 0 Å². The molecule has 1 heterocycles. The summed E-state index contributed by atoms with van der Waals surface area (Å²) >= 11 is 0. The van der Waals surface area contributed by atoms with Crippen LogP contribution in [0, 0.1) is 5.82 Å². The van der Waals surface area contributed by atoms with Gasteiger partial charge in [-0.1, -0.05) is 12.1 Å². The van der Waals surface area contributed by atoms with Crippen LogP contribution in [0.15, 0.2) is 24.3 Å². The van der Waals surface area contributed by atoms with Gasteiger partial charge in [0.25, 0.3) is 0 Å². The number of rotatable bonds is 4. The fourth-order valence-electron chi connectivity index (χ4n) is 2.58. The topological polar surface area (TPSA) is 54.5 Å². The van der Waals surface area contributed by atoms with Crippen LogP contribution < -0.4 is 0 Å². The minimum atomic E-state index is -3.02. The van der Waals surface area contributed by atoms with Crippen molar-refractivity contribution in [2.24, 2.45) is 0 Å². The van der Waals surface area contributed by atoms with Gasteiger partial charge in [-0.05, 0) is 31.0 Å². The van der Waals surface area contributed by atoms with Crippen LogP contribution in [0.1, 0.15) is 18.9 Å². The second-order valence-electron chi connectivity index (χ2n) is 5.04. The number of amides is 1. The second kappa shape index (κ2) is 5.91. The van der Waals surface area contributed by atoms with E-state index in [1.165, 1.54) is 12.1 Å². The summed E-state index contributed by atoms with van der Waals surface area (Å²) in [6.07, 6.45) is 0.590. The maximum atomic E-state index is 13.1. The molecule has 0 N–H and O–H groups in total. The molecule has 1 aromatic carbocycles. The van der Waals surface area contributed by atoms with Crippen molar-refractivity contribution in [2.45, 2.75) is 25.8 Å². The van der Waals surface area contributed by atoms with Crippen molar-refractivity contribution in [1.82, 2.24) is 4.90 Å². The molecule has 4 nitrogen and oxygen atoms in total. The van der Waals surface area contributed by atoms with E-state index in [0.29, 0.717) is 18.5 Å². The fourth-order valence-corrected chi connectivity index (χ4v) is 4.31. The van der Waals surface area contributed by atoms with Crippen LogP contribution in [-0.2, 0) is 21.1 Å². The molecule has 0 radical (unpaired) electrons. The maximum Gasteiger partial charge on any atom is 0.227 e. The van der Waals surface area contributed by atoms with Crippen LogP contribution >= 0.6 is 0 Å². The quantitative estimate of drug-likeness (QED) is 0.844. The van der Waals surface area contributed by atoms with Crippen LogP contribution in [0.4, 0.5) is 4.39 Å². The summed E-state index contributed by atoms with van der Waals surface area (Å²) in [7, 11) is -3.02. The molecule has 1 amide bonds. The molecule has 1 aromatic rings. The van der Waals surface area contributed by atoms with Crippen molar-refractivity contribution in [3.8, 4) is 0 Å². The molecule has 1 aliphatic heterocycles. The van der Waals surface area contributed by atoms with E-state index in [1.54, 1.807) is 17.0 Å². The lowest BCUT2D eigenvalue weighted by molar-refractivity contribution is -0.132. The molecule has 6 heteroatoms. The zero-order valence-corrected chi connectivity index (χ0v) is 12.2. The van der Waals surface area contributed by atoms with Crippen molar-refractivity contribution >= 4 is 15.7 Å². The number of carbonyl (C=O) groups is 1. The van der Waals surface area contributed by atoms with E-state index in [-0.39, 0.29) is 35.7 Å². The van der Waals surface area contributed by atoms with E-state index >= 15 is 0 Å². The van der Waals surface area contributed by atoms with Gasteiger partial charge in [-0.2, -0.15) is 0 Å². The third-order valence-corrected chi connectivity index (χ3v) is 5.30. The van der Waals surface area contributed by atoms with Crippen molar-refractivity contribution in [1.29, 1.82) is 0 Å². The van der Waals surface area contributed by atoms with Crippen LogP contribution in [0.25, 0.3) is 0 Å². The molecule has 0 saturated carbocycles. The Kier molecular flexibility index (Phi) is 4.42. The normalized spacial score (nSPS) is 20.8. The predicted molar refractivity (Wildman–Crippen MR) is 74.5 cm³/mol. The Hall–Kier alpha value is -1.43. The third kappa shape index (κ3) is 3.56. The summed E-state index contributed by atoms with van der Waals surface area (Å²) < 4.78 is 36.1. The largest absolute Gasteiger partial charge is 0.339 e. The Morgan fingerprint density at radius 3 is 2.75 bits per heavy atom. The molecule has 0 bridgehead atoms. The van der Waals surface area contributed by atoms with E-state index < -0.39 is 9.84 Å². The number of likely N-dealkylation sites (N-methyl/N-ethyl adjacent to an activating group) is 1. The Morgan fingerprint density at radius 2 is 2.20 bits per heavy atom. The number of halogens is 1. The molecule has 1 fully saturated rings. The first-order chi connectivity index (χ1) is 9.41. The molecule has 2 rings (SSSR count). The highest BCUT2D eigenvalue weighted by atomic mass is 32.2. The van der Waals surface area contributed by atoms with E-state index in [1.807, 2.05) is 6.92 Å². The highest BCUT2D eigenvalue weighted by molar-refractivity contribution is 7.91. The van der Waals surface area contributed by atoms with Gasteiger partial charge >= 0.3 is 0 Å². The Bertz CT molecular complexity index is 600. The highest BCUT2D eigenvalue weighted by Gasteiger charge is 2.33. The van der Waals surface area contributed by atoms with Crippen molar-refractivity contribution in [3.63, 3.8) is 0 Å². The molecular weight excluding hydrogens is 281 g/mol. The Balaban J connectivity index is 2.06. The van der Waals surface area contributed by atoms with Crippen LogP contribution in [-0.4, -0.2) is 43.3 Å². The van der Waals surface area contributed by atoms with Gasteiger partial charge in [0.2, 0.25) is 5.91 Å². The maximum absolute atomic E-state index is 13.1. The van der Waals surface area contributed by atoms with E-state index in [0.717, 1.165) is 0 Å². The first-order valence-electron chi connectivity index (χ1n) is 6.65. The van der Waals surface area contributed by atoms with Gasteiger partial charge in [-0.25, -0.2) is 12.8 Å². The summed E-state index contributed by atoms with van der Waals surface area (Å²) in [5, 5.41) is 0. The lowest BCUT2D eigenvalue weighted by Crippen LogP contribution is -2.41. The molecule has 20 heavy (non-hydrogen) atoms. The van der Waals surface area contributed by atoms with Gasteiger partial charge in [0, 0.05) is 12.6 Å². The number of hydrogen-bond acceptors (Lipinski definition) is 3. The van der Waals surface area contributed by atoms with Gasteiger partial charge in [0.1, 0.15) is 5.82 Å². The molecule has 1 unspecified atom stereocenters. The minimum absolute atomic E-state index is 0.0374. The van der Waals surface area contributed by atoms with E-state index in [2.05, 4.69) is 0 Å².